The molecule has 0 aliphatic carbocycles. The van der Waals surface area contributed by atoms with E-state index in [0.717, 1.165) is 0 Å². The van der Waals surface area contributed by atoms with Crippen LogP contribution in [0.4, 0.5) is 0 Å². The minimum Gasteiger partial charge on any atom is -0.273 e. The largest absolute Gasteiger partial charge is 0.273 e. The molecule has 1 atom stereocenters. The van der Waals surface area contributed by atoms with E-state index in [4.69, 9.17) is 0 Å². The maximum absolute atomic E-state index is 9.58. The van der Waals surface area contributed by atoms with Gasteiger partial charge < -0.3 is 0 Å². The average Bonchev–Trinajstić information content (AvgIpc) is 1.38. The molecule has 0 saturated carbocycles. The summed E-state index contributed by atoms with van der Waals surface area (Å²) in [7, 11) is 3.21. The molecular formula is C2H7NOP. The van der Waals surface area contributed by atoms with Gasteiger partial charge in [0.1, 0.15) is 8.61 Å². The average molecular weight is 92.1 g/mol. The summed E-state index contributed by atoms with van der Waals surface area (Å²) in [6, 6.07) is 0. The molecule has 0 rings (SSSR count). The van der Waals surface area contributed by atoms with E-state index >= 15 is 0 Å². The van der Waals surface area contributed by atoms with E-state index in [-0.39, 0.29) is 8.61 Å². The molecule has 0 heterocycles. The Morgan fingerprint density at radius 1 is 1.60 bits per heavy atom. The van der Waals surface area contributed by atoms with Crippen molar-refractivity contribution in [1.29, 1.82) is 0 Å². The van der Waals surface area contributed by atoms with E-state index in [9.17, 15) is 4.57 Å². The van der Waals surface area contributed by atoms with Crippen LogP contribution in [0.2, 0.25) is 0 Å². The monoisotopic (exact) mass is 92.0 g/mol. The number of rotatable bonds is 1. The standard InChI is InChI=1S/C2H7NOP/c1-3(2)5-4/h5H,1-2H3. The number of hydrogen-bond acceptors (Lipinski definition) is 1. The molecule has 0 saturated heterocycles. The highest BCUT2D eigenvalue weighted by Gasteiger charge is 1.70. The molecule has 0 spiro atoms. The zero-order chi connectivity index (χ0) is 4.28. The second-order valence-corrected chi connectivity index (χ2v) is 2.06. The molecule has 0 bridgehead atoms. The molecule has 31 valence electrons. The van der Waals surface area contributed by atoms with Gasteiger partial charge in [0.05, 0.1) is 0 Å². The SMILES string of the molecule is CN(C)[PH]=O. The van der Waals surface area contributed by atoms with E-state index in [1.807, 2.05) is 0 Å². The van der Waals surface area contributed by atoms with Gasteiger partial charge in [0.2, 0.25) is 0 Å². The van der Waals surface area contributed by atoms with Crippen molar-refractivity contribution in [2.24, 2.45) is 0 Å². The van der Waals surface area contributed by atoms with Crippen molar-refractivity contribution in [3.63, 3.8) is 0 Å². The van der Waals surface area contributed by atoms with Gasteiger partial charge >= 0.3 is 0 Å². The van der Waals surface area contributed by atoms with Gasteiger partial charge in [-0.15, -0.1) is 0 Å². The summed E-state index contributed by atoms with van der Waals surface area (Å²) >= 11 is 0. The minimum absolute atomic E-state index is 0.302. The Labute approximate surface area is 33.0 Å². The van der Waals surface area contributed by atoms with E-state index in [0.29, 0.717) is 0 Å². The van der Waals surface area contributed by atoms with Crippen molar-refractivity contribution < 1.29 is 4.57 Å². The summed E-state index contributed by atoms with van der Waals surface area (Å²) in [5.74, 6) is 0. The van der Waals surface area contributed by atoms with Crippen LogP contribution in [-0.4, -0.2) is 18.8 Å². The topological polar surface area (TPSA) is 20.3 Å². The first-order valence-electron chi connectivity index (χ1n) is 1.32. The summed E-state index contributed by atoms with van der Waals surface area (Å²) in [5.41, 5.74) is 0. The third-order valence-corrected chi connectivity index (χ3v) is 0.548. The Bertz CT molecular complexity index is 36.6. The number of hydrogen-bond donors (Lipinski definition) is 0. The van der Waals surface area contributed by atoms with Crippen LogP contribution >= 0.6 is 8.61 Å². The van der Waals surface area contributed by atoms with Crippen LogP contribution < -0.4 is 0 Å². The lowest BCUT2D eigenvalue weighted by Crippen LogP contribution is -1.90. The smallest absolute Gasteiger partial charge is 0.133 e. The third-order valence-electron chi connectivity index (χ3n) is 0.183. The van der Waals surface area contributed by atoms with E-state index in [1.54, 1.807) is 18.8 Å². The molecule has 0 aromatic carbocycles. The quantitative estimate of drug-likeness (QED) is 0.438. The zero-order valence-electron chi connectivity index (χ0n) is 3.36. The van der Waals surface area contributed by atoms with Gasteiger partial charge in [-0.2, -0.15) is 0 Å². The lowest BCUT2D eigenvalue weighted by atomic mass is 11.3. The summed E-state index contributed by atoms with van der Waals surface area (Å²) in [6.45, 7) is 0. The Balaban J connectivity index is 2.83. The summed E-state index contributed by atoms with van der Waals surface area (Å²) < 4.78 is 11.2. The van der Waals surface area contributed by atoms with Crippen LogP contribution in [0.25, 0.3) is 0 Å². The molecule has 2 nitrogen and oxygen atoms in total. The van der Waals surface area contributed by atoms with Crippen LogP contribution in [-0.2, 0) is 4.57 Å². The maximum Gasteiger partial charge on any atom is 0.133 e. The normalized spacial score (nSPS) is 10.2. The molecule has 0 fully saturated rings. The molecule has 0 aromatic rings. The molecule has 1 radical (unpaired) electrons. The predicted molar refractivity (Wildman–Crippen MR) is 22.7 cm³/mol. The molecular weight excluding hydrogens is 85.0 g/mol. The van der Waals surface area contributed by atoms with Gasteiger partial charge in [0.15, 0.2) is 0 Å². The highest BCUT2D eigenvalue weighted by molar-refractivity contribution is 7.20. The van der Waals surface area contributed by atoms with Crippen LogP contribution in [0, 0.1) is 0 Å². The predicted octanol–water partition coefficient (Wildman–Crippen LogP) is 0.487. The maximum atomic E-state index is 9.58. The molecule has 0 amide bonds. The van der Waals surface area contributed by atoms with Gasteiger partial charge in [-0.25, -0.2) is 4.67 Å². The lowest BCUT2D eigenvalue weighted by molar-refractivity contribution is 0.552. The number of nitrogens with zero attached hydrogens (tertiary/aromatic N) is 1. The van der Waals surface area contributed by atoms with Crippen LogP contribution in [0.5, 0.6) is 0 Å². The molecule has 0 aliphatic heterocycles. The summed E-state index contributed by atoms with van der Waals surface area (Å²) in [6.07, 6.45) is 0. The van der Waals surface area contributed by atoms with Gasteiger partial charge in [0, 0.05) is 0 Å². The first-order chi connectivity index (χ1) is 2.27. The summed E-state index contributed by atoms with van der Waals surface area (Å²) in [4.78, 5) is 0. The molecule has 0 aliphatic rings. The Kier molecular flexibility index (Phi) is 2.33. The fourth-order valence-corrected chi connectivity index (χ4v) is 0. The lowest BCUT2D eigenvalue weighted by Gasteiger charge is -1.89. The van der Waals surface area contributed by atoms with E-state index in [2.05, 4.69) is 0 Å². The summed E-state index contributed by atoms with van der Waals surface area (Å²) in [5, 5.41) is 0. The van der Waals surface area contributed by atoms with Crippen molar-refractivity contribution in [2.75, 3.05) is 14.1 Å². The van der Waals surface area contributed by atoms with Crippen molar-refractivity contribution >= 4 is 8.61 Å². The van der Waals surface area contributed by atoms with E-state index in [1.165, 1.54) is 0 Å². The Hall–Kier alpha value is 0.0600. The fourth-order valence-electron chi connectivity index (χ4n) is 0. The molecule has 0 aromatic heterocycles. The van der Waals surface area contributed by atoms with Crippen LogP contribution in [0.3, 0.4) is 0 Å². The van der Waals surface area contributed by atoms with Crippen molar-refractivity contribution in [3.05, 3.63) is 0 Å². The third kappa shape index (κ3) is 4.06. The van der Waals surface area contributed by atoms with Gasteiger partial charge in [-0.1, -0.05) is 0 Å². The highest BCUT2D eigenvalue weighted by atomic mass is 31.1. The molecule has 0 N–H and O–H groups in total. The van der Waals surface area contributed by atoms with Gasteiger partial charge in [-0.3, -0.25) is 4.57 Å². The second-order valence-electron chi connectivity index (χ2n) is 0.986. The highest BCUT2D eigenvalue weighted by Crippen LogP contribution is 1.90. The van der Waals surface area contributed by atoms with Crippen LogP contribution in [0.15, 0.2) is 0 Å². The van der Waals surface area contributed by atoms with Gasteiger partial charge in [0.25, 0.3) is 0 Å². The first-order valence-corrected chi connectivity index (χ1v) is 2.18. The van der Waals surface area contributed by atoms with Crippen molar-refractivity contribution in [2.45, 2.75) is 0 Å². The van der Waals surface area contributed by atoms with Crippen molar-refractivity contribution in [3.8, 4) is 0 Å². The van der Waals surface area contributed by atoms with E-state index < -0.39 is 0 Å². The molecule has 5 heavy (non-hydrogen) atoms. The minimum atomic E-state index is -0.302. The molecule has 3 heteroatoms. The second kappa shape index (κ2) is 2.31. The van der Waals surface area contributed by atoms with Gasteiger partial charge in [-0.05, 0) is 14.1 Å². The zero-order valence-corrected chi connectivity index (χ0v) is 4.36. The van der Waals surface area contributed by atoms with Crippen molar-refractivity contribution in [1.82, 2.24) is 4.67 Å². The Morgan fingerprint density at radius 2 is 1.80 bits per heavy atom. The Morgan fingerprint density at radius 3 is 1.80 bits per heavy atom. The first kappa shape index (κ1) is 5.06. The molecule has 1 unspecified atom stereocenters. The van der Waals surface area contributed by atoms with Crippen LogP contribution in [0.1, 0.15) is 0 Å². The fraction of sp³-hybridized carbons (Fsp3) is 1.00.